The highest BCUT2D eigenvalue weighted by Crippen LogP contribution is 2.55. The molecule has 0 atom stereocenters. The Morgan fingerprint density at radius 1 is 0.479 bits per heavy atom. The summed E-state index contributed by atoms with van der Waals surface area (Å²) in [6, 6.07) is 52.0. The van der Waals surface area contributed by atoms with Crippen LogP contribution >= 0.6 is 0 Å². The molecule has 0 radical (unpaired) electrons. The minimum Gasteiger partial charge on any atom is -0.310 e. The predicted octanol–water partition coefficient (Wildman–Crippen LogP) is 12.6. The zero-order valence-corrected chi connectivity index (χ0v) is 28.2. The molecule has 8 aromatic rings. The molecule has 0 bridgehead atoms. The van der Waals surface area contributed by atoms with E-state index in [9.17, 15) is 0 Å². The minimum absolute atomic E-state index is 0.207. The van der Waals surface area contributed by atoms with Gasteiger partial charge in [0.25, 0.3) is 0 Å². The number of benzene rings is 7. The molecule has 7 aromatic carbocycles. The smallest absolute Gasteiger partial charge is 0.0543 e. The first-order valence-corrected chi connectivity index (χ1v) is 16.9. The molecule has 0 amide bonds. The largest absolute Gasteiger partial charge is 0.310 e. The molecule has 2 nitrogen and oxygen atoms in total. The van der Waals surface area contributed by atoms with Gasteiger partial charge in [0.05, 0.1) is 16.7 Å². The van der Waals surface area contributed by atoms with Crippen molar-refractivity contribution in [2.45, 2.75) is 40.0 Å². The maximum Gasteiger partial charge on any atom is 0.0543 e. The van der Waals surface area contributed by atoms with E-state index in [1.54, 1.807) is 0 Å². The molecule has 0 saturated heterocycles. The molecular weight excluding hydrogens is 581 g/mol. The summed E-state index contributed by atoms with van der Waals surface area (Å²) in [5.41, 5.74) is 16.2. The van der Waals surface area contributed by atoms with Gasteiger partial charge in [-0.1, -0.05) is 103 Å². The molecule has 0 aliphatic heterocycles. The Morgan fingerprint density at radius 3 is 1.73 bits per heavy atom. The van der Waals surface area contributed by atoms with Crippen molar-refractivity contribution in [3.05, 3.63) is 167 Å². The van der Waals surface area contributed by atoms with Crippen molar-refractivity contribution < 1.29 is 0 Å². The van der Waals surface area contributed by atoms with E-state index in [0.717, 1.165) is 11.4 Å². The van der Waals surface area contributed by atoms with Gasteiger partial charge in [0.15, 0.2) is 0 Å². The quantitative estimate of drug-likeness (QED) is 0.190. The normalized spacial score (nSPS) is 13.3. The van der Waals surface area contributed by atoms with Crippen LogP contribution in [0.1, 0.15) is 41.7 Å². The van der Waals surface area contributed by atoms with E-state index in [-0.39, 0.29) is 5.41 Å². The molecule has 1 aliphatic rings. The first kappa shape index (κ1) is 28.6. The average Bonchev–Trinajstić information content (AvgIpc) is 3.53. The lowest BCUT2D eigenvalue weighted by Crippen LogP contribution is -2.17. The highest BCUT2D eigenvalue weighted by Gasteiger charge is 2.38. The molecule has 2 heteroatoms. The minimum atomic E-state index is -0.207. The van der Waals surface area contributed by atoms with Crippen LogP contribution < -0.4 is 4.90 Å². The van der Waals surface area contributed by atoms with Crippen LogP contribution in [-0.2, 0) is 5.41 Å². The van der Waals surface area contributed by atoms with Gasteiger partial charge < -0.3 is 9.47 Å². The Kier molecular flexibility index (Phi) is 6.23. The molecule has 48 heavy (non-hydrogen) atoms. The Hall–Kier alpha value is -5.60. The van der Waals surface area contributed by atoms with Crippen molar-refractivity contribution in [2.75, 3.05) is 4.90 Å². The van der Waals surface area contributed by atoms with Gasteiger partial charge in [-0.25, -0.2) is 0 Å². The fourth-order valence-electron chi connectivity index (χ4n) is 8.10. The summed E-state index contributed by atoms with van der Waals surface area (Å²) in [4.78, 5) is 2.43. The van der Waals surface area contributed by atoms with Crippen LogP contribution in [0.5, 0.6) is 0 Å². The van der Waals surface area contributed by atoms with Crippen molar-refractivity contribution in [3.8, 4) is 16.8 Å². The van der Waals surface area contributed by atoms with Gasteiger partial charge in [0, 0.05) is 38.6 Å². The number of nitrogens with zero attached hydrogens (tertiary/aromatic N) is 2. The monoisotopic (exact) mass is 618 g/mol. The molecule has 0 unspecified atom stereocenters. The van der Waals surface area contributed by atoms with E-state index >= 15 is 0 Å². The van der Waals surface area contributed by atoms with Crippen molar-refractivity contribution >= 4 is 49.6 Å². The zero-order valence-electron chi connectivity index (χ0n) is 28.2. The number of hydrogen-bond acceptors (Lipinski definition) is 1. The molecule has 0 saturated carbocycles. The van der Waals surface area contributed by atoms with E-state index in [1.165, 1.54) is 82.9 Å². The second-order valence-electron chi connectivity index (χ2n) is 14.1. The SMILES string of the molecule is Cc1ccc(N(c2ccccc2)c2cc3c(c4ccccc24)-c2ccc(-n4c5ccc(C)cc5c5cc(C)ccc54)cc2C3(C)C)cc1. The molecule has 1 heterocycles. The summed E-state index contributed by atoms with van der Waals surface area (Å²) in [6.07, 6.45) is 0. The molecule has 9 rings (SSSR count). The fraction of sp³-hybridized carbons (Fsp3) is 0.130. The Morgan fingerprint density at radius 2 is 1.06 bits per heavy atom. The van der Waals surface area contributed by atoms with Crippen LogP contribution in [0.2, 0.25) is 0 Å². The van der Waals surface area contributed by atoms with E-state index < -0.39 is 0 Å². The maximum absolute atomic E-state index is 2.47. The third-order valence-corrected chi connectivity index (χ3v) is 10.5. The maximum atomic E-state index is 2.47. The zero-order chi connectivity index (χ0) is 32.7. The number of hydrogen-bond donors (Lipinski definition) is 0. The molecule has 232 valence electrons. The second-order valence-corrected chi connectivity index (χ2v) is 14.1. The van der Waals surface area contributed by atoms with Gasteiger partial charge >= 0.3 is 0 Å². The van der Waals surface area contributed by atoms with Gasteiger partial charge in [-0.05, 0) is 115 Å². The molecule has 0 N–H and O–H groups in total. The highest BCUT2D eigenvalue weighted by atomic mass is 15.1. The van der Waals surface area contributed by atoms with Crippen LogP contribution in [0.25, 0.3) is 49.4 Å². The van der Waals surface area contributed by atoms with Crippen molar-refractivity contribution in [1.29, 1.82) is 0 Å². The first-order chi connectivity index (χ1) is 23.3. The highest BCUT2D eigenvalue weighted by molar-refractivity contribution is 6.11. The van der Waals surface area contributed by atoms with Gasteiger partial charge in [0.2, 0.25) is 0 Å². The van der Waals surface area contributed by atoms with Crippen LogP contribution in [-0.4, -0.2) is 4.57 Å². The number of rotatable bonds is 4. The number of para-hydroxylation sites is 1. The average molecular weight is 619 g/mol. The Bertz CT molecular complexity index is 2490. The molecular formula is C46H38N2. The number of fused-ring (bicyclic) bond motifs is 8. The summed E-state index contributed by atoms with van der Waals surface area (Å²) < 4.78 is 2.46. The summed E-state index contributed by atoms with van der Waals surface area (Å²) in [5, 5.41) is 5.16. The van der Waals surface area contributed by atoms with Crippen molar-refractivity contribution in [2.24, 2.45) is 0 Å². The third kappa shape index (κ3) is 4.19. The molecule has 0 spiro atoms. The number of anilines is 3. The van der Waals surface area contributed by atoms with Crippen molar-refractivity contribution in [1.82, 2.24) is 4.57 Å². The van der Waals surface area contributed by atoms with E-state index in [4.69, 9.17) is 0 Å². The van der Waals surface area contributed by atoms with Crippen LogP contribution in [0, 0.1) is 20.8 Å². The van der Waals surface area contributed by atoms with Gasteiger partial charge in [0.1, 0.15) is 0 Å². The first-order valence-electron chi connectivity index (χ1n) is 16.9. The molecule has 1 aromatic heterocycles. The topological polar surface area (TPSA) is 8.17 Å². The Labute approximate surface area is 282 Å². The summed E-state index contributed by atoms with van der Waals surface area (Å²) in [7, 11) is 0. The van der Waals surface area contributed by atoms with Crippen LogP contribution in [0.15, 0.2) is 140 Å². The fourth-order valence-corrected chi connectivity index (χ4v) is 8.10. The van der Waals surface area contributed by atoms with Crippen LogP contribution in [0.4, 0.5) is 17.1 Å². The molecule has 0 fully saturated rings. The van der Waals surface area contributed by atoms with E-state index in [1.807, 2.05) is 0 Å². The van der Waals surface area contributed by atoms with Crippen molar-refractivity contribution in [3.63, 3.8) is 0 Å². The standard InChI is InChI=1S/C46H38N2/c1-29-15-19-33(20-16-29)47(32-11-7-6-8-12-32)44-28-41-45(36-14-10-9-13-35(36)44)37-22-21-34(27-40(37)46(41,4)5)48-42-23-17-30(2)25-38(42)39-26-31(3)18-24-43(39)48/h6-28H,1-5H3. The lowest BCUT2D eigenvalue weighted by molar-refractivity contribution is 0.660. The van der Waals surface area contributed by atoms with Crippen LogP contribution in [0.3, 0.4) is 0 Å². The lowest BCUT2D eigenvalue weighted by Gasteiger charge is -2.30. The molecule has 1 aliphatic carbocycles. The van der Waals surface area contributed by atoms with Gasteiger partial charge in [-0.3, -0.25) is 0 Å². The lowest BCUT2D eigenvalue weighted by atomic mass is 9.81. The summed E-state index contributed by atoms with van der Waals surface area (Å²) >= 11 is 0. The van der Waals surface area contributed by atoms with E-state index in [2.05, 4.69) is 184 Å². The number of aryl methyl sites for hydroxylation is 3. The Balaban J connectivity index is 1.29. The van der Waals surface area contributed by atoms with Gasteiger partial charge in [-0.15, -0.1) is 0 Å². The summed E-state index contributed by atoms with van der Waals surface area (Å²) in [6.45, 7) is 11.3. The van der Waals surface area contributed by atoms with E-state index in [0.29, 0.717) is 0 Å². The second kappa shape index (κ2) is 10.5. The van der Waals surface area contributed by atoms with Gasteiger partial charge in [-0.2, -0.15) is 0 Å². The summed E-state index contributed by atoms with van der Waals surface area (Å²) in [5.74, 6) is 0. The third-order valence-electron chi connectivity index (χ3n) is 10.5. The number of aromatic nitrogens is 1. The predicted molar refractivity (Wildman–Crippen MR) is 205 cm³/mol.